The number of aryl methyl sites for hydroxylation is 1. The van der Waals surface area contributed by atoms with Gasteiger partial charge in [-0.25, -0.2) is 19.1 Å². The van der Waals surface area contributed by atoms with E-state index in [2.05, 4.69) is 4.98 Å². The minimum Gasteiger partial charge on any atom is -0.443 e. The quantitative estimate of drug-likeness (QED) is 0.597. The van der Waals surface area contributed by atoms with Gasteiger partial charge in [0.25, 0.3) is 0 Å². The first-order chi connectivity index (χ1) is 13.9. The van der Waals surface area contributed by atoms with Crippen molar-refractivity contribution in [3.63, 3.8) is 0 Å². The van der Waals surface area contributed by atoms with Gasteiger partial charge in [0.05, 0.1) is 11.4 Å². The van der Waals surface area contributed by atoms with Crippen molar-refractivity contribution in [3.8, 4) is 22.9 Å². The summed E-state index contributed by atoms with van der Waals surface area (Å²) >= 11 is 0. The van der Waals surface area contributed by atoms with E-state index in [9.17, 15) is 9.59 Å². The molecule has 0 N–H and O–H groups in total. The zero-order valence-corrected chi connectivity index (χ0v) is 18.5. The third kappa shape index (κ3) is 4.64. The van der Waals surface area contributed by atoms with Crippen LogP contribution in [0.4, 0.5) is 9.59 Å². The highest BCUT2D eigenvalue weighted by atomic mass is 16.6. The van der Waals surface area contributed by atoms with Gasteiger partial charge in [0, 0.05) is 25.6 Å². The van der Waals surface area contributed by atoms with E-state index in [1.54, 1.807) is 47.4 Å². The fourth-order valence-corrected chi connectivity index (χ4v) is 2.92. The molecule has 0 spiro atoms. The van der Waals surface area contributed by atoms with Crippen LogP contribution in [-0.4, -0.2) is 42.1 Å². The summed E-state index contributed by atoms with van der Waals surface area (Å²) in [6.07, 6.45) is 4.12. The van der Waals surface area contributed by atoms with Gasteiger partial charge in [-0.3, -0.25) is 4.57 Å². The van der Waals surface area contributed by atoms with Crippen molar-refractivity contribution in [2.75, 3.05) is 0 Å². The molecule has 0 saturated carbocycles. The normalized spacial score (nSPS) is 12.1. The minimum atomic E-state index is -0.611. The van der Waals surface area contributed by atoms with Gasteiger partial charge in [-0.2, -0.15) is 0 Å². The predicted octanol–water partition coefficient (Wildman–Crippen LogP) is 4.92. The number of hydrogen-bond donors (Lipinski definition) is 0. The topological polar surface area (TPSA) is 80.3 Å². The largest absolute Gasteiger partial charge is 0.443 e. The first-order valence-corrected chi connectivity index (χ1v) is 9.71. The molecule has 3 heterocycles. The van der Waals surface area contributed by atoms with Crippen LogP contribution in [0.2, 0.25) is 0 Å². The molecule has 0 atom stereocenters. The summed E-state index contributed by atoms with van der Waals surface area (Å²) in [5.74, 6) is 0.567. The Morgan fingerprint density at radius 3 is 1.80 bits per heavy atom. The standard InChI is InChI=1S/C22H28N4O4/c1-21(2,3)29-19(27)25-12-8-10-16(25)15-14-24(7)18(23-15)17-11-9-13-26(17)20(28)30-22(4,5)6/h8-14H,1-7H3. The molecular formula is C22H28N4O4. The molecule has 0 unspecified atom stereocenters. The van der Waals surface area contributed by atoms with Crippen LogP contribution in [0.25, 0.3) is 22.9 Å². The van der Waals surface area contributed by atoms with Gasteiger partial charge in [-0.05, 0) is 65.8 Å². The van der Waals surface area contributed by atoms with Gasteiger partial charge in [0.1, 0.15) is 16.9 Å². The van der Waals surface area contributed by atoms with Crippen molar-refractivity contribution in [3.05, 3.63) is 42.9 Å². The fraction of sp³-hybridized carbons (Fsp3) is 0.409. The molecule has 3 aromatic heterocycles. The summed E-state index contributed by atoms with van der Waals surface area (Å²) in [5, 5.41) is 0. The predicted molar refractivity (Wildman–Crippen MR) is 113 cm³/mol. The van der Waals surface area contributed by atoms with Gasteiger partial charge < -0.3 is 14.0 Å². The molecule has 0 aliphatic heterocycles. The summed E-state index contributed by atoms with van der Waals surface area (Å²) in [4.78, 5) is 29.8. The average molecular weight is 412 g/mol. The lowest BCUT2D eigenvalue weighted by Gasteiger charge is -2.20. The Labute approximate surface area is 176 Å². The van der Waals surface area contributed by atoms with Crippen molar-refractivity contribution in [1.29, 1.82) is 0 Å². The fourth-order valence-electron chi connectivity index (χ4n) is 2.92. The van der Waals surface area contributed by atoms with E-state index in [1.807, 2.05) is 48.6 Å². The zero-order chi connectivity index (χ0) is 22.3. The number of hydrogen-bond acceptors (Lipinski definition) is 5. The Bertz CT molecular complexity index is 1070. The SMILES string of the molecule is Cn1cc(-c2cccn2C(=O)OC(C)(C)C)nc1-c1cccn1C(=O)OC(C)(C)C. The first kappa shape index (κ1) is 21.4. The van der Waals surface area contributed by atoms with E-state index in [0.29, 0.717) is 22.9 Å². The van der Waals surface area contributed by atoms with Gasteiger partial charge in [0.15, 0.2) is 5.82 Å². The molecule has 0 aliphatic carbocycles. The lowest BCUT2D eigenvalue weighted by Crippen LogP contribution is -2.27. The highest BCUT2D eigenvalue weighted by molar-refractivity contribution is 5.80. The van der Waals surface area contributed by atoms with E-state index < -0.39 is 23.4 Å². The maximum absolute atomic E-state index is 12.6. The van der Waals surface area contributed by atoms with Crippen molar-refractivity contribution in [2.45, 2.75) is 52.7 Å². The van der Waals surface area contributed by atoms with E-state index in [0.717, 1.165) is 0 Å². The van der Waals surface area contributed by atoms with Crippen LogP contribution < -0.4 is 0 Å². The first-order valence-electron chi connectivity index (χ1n) is 9.71. The number of aromatic nitrogens is 4. The summed E-state index contributed by atoms with van der Waals surface area (Å²) in [6, 6.07) is 7.11. The van der Waals surface area contributed by atoms with Crippen molar-refractivity contribution >= 4 is 12.2 Å². The minimum absolute atomic E-state index is 0.480. The number of rotatable bonds is 2. The Balaban J connectivity index is 1.96. The van der Waals surface area contributed by atoms with E-state index in [1.165, 1.54) is 9.13 Å². The van der Waals surface area contributed by atoms with Gasteiger partial charge in [0.2, 0.25) is 0 Å². The highest BCUT2D eigenvalue weighted by Crippen LogP contribution is 2.26. The van der Waals surface area contributed by atoms with Crippen LogP contribution in [0.15, 0.2) is 42.9 Å². The molecule has 0 aromatic carbocycles. The van der Waals surface area contributed by atoms with Gasteiger partial charge >= 0.3 is 12.2 Å². The lowest BCUT2D eigenvalue weighted by atomic mass is 10.2. The van der Waals surface area contributed by atoms with Crippen LogP contribution in [0.5, 0.6) is 0 Å². The van der Waals surface area contributed by atoms with Crippen molar-refractivity contribution in [2.24, 2.45) is 7.05 Å². The summed E-state index contributed by atoms with van der Waals surface area (Å²) in [6.45, 7) is 10.9. The molecule has 3 aromatic rings. The lowest BCUT2D eigenvalue weighted by molar-refractivity contribution is 0.0528. The average Bonchev–Trinajstić information content (AvgIpc) is 3.29. The van der Waals surface area contributed by atoms with Crippen LogP contribution in [0, 0.1) is 0 Å². The molecular weight excluding hydrogens is 384 g/mol. The van der Waals surface area contributed by atoms with Crippen LogP contribution in [0.1, 0.15) is 41.5 Å². The second kappa shape index (κ2) is 7.51. The number of carbonyl (C=O) groups excluding carboxylic acids is 2. The maximum atomic E-state index is 12.6. The summed E-state index contributed by atoms with van der Waals surface area (Å²) in [5.41, 5.74) is 0.553. The Morgan fingerprint density at radius 2 is 1.30 bits per heavy atom. The molecule has 160 valence electrons. The molecule has 8 heteroatoms. The van der Waals surface area contributed by atoms with Crippen LogP contribution in [-0.2, 0) is 16.5 Å². The molecule has 0 aliphatic rings. The molecule has 30 heavy (non-hydrogen) atoms. The number of carbonyl (C=O) groups is 2. The van der Waals surface area contributed by atoms with E-state index >= 15 is 0 Å². The number of nitrogens with zero attached hydrogens (tertiary/aromatic N) is 4. The molecule has 0 radical (unpaired) electrons. The molecule has 8 nitrogen and oxygen atoms in total. The maximum Gasteiger partial charge on any atom is 0.419 e. The number of ether oxygens (including phenoxy) is 2. The third-order valence-electron chi connectivity index (χ3n) is 4.05. The Morgan fingerprint density at radius 1 is 0.833 bits per heavy atom. The second-order valence-corrected chi connectivity index (χ2v) is 9.05. The smallest absolute Gasteiger partial charge is 0.419 e. The molecule has 0 amide bonds. The number of imidazole rings is 1. The van der Waals surface area contributed by atoms with Crippen molar-refractivity contribution in [1.82, 2.24) is 18.7 Å². The Kier molecular flexibility index (Phi) is 5.36. The second-order valence-electron chi connectivity index (χ2n) is 9.05. The van der Waals surface area contributed by atoms with Gasteiger partial charge in [-0.15, -0.1) is 0 Å². The highest BCUT2D eigenvalue weighted by Gasteiger charge is 2.24. The van der Waals surface area contributed by atoms with Crippen LogP contribution in [0.3, 0.4) is 0 Å². The van der Waals surface area contributed by atoms with Gasteiger partial charge in [-0.1, -0.05) is 0 Å². The third-order valence-corrected chi connectivity index (χ3v) is 4.05. The van der Waals surface area contributed by atoms with Crippen LogP contribution >= 0.6 is 0 Å². The summed E-state index contributed by atoms with van der Waals surface area (Å²) < 4.78 is 15.6. The molecule has 0 saturated heterocycles. The summed E-state index contributed by atoms with van der Waals surface area (Å²) in [7, 11) is 1.83. The monoisotopic (exact) mass is 412 g/mol. The zero-order valence-electron chi connectivity index (χ0n) is 18.5. The van der Waals surface area contributed by atoms with E-state index in [4.69, 9.17) is 9.47 Å². The van der Waals surface area contributed by atoms with E-state index in [-0.39, 0.29) is 0 Å². The molecule has 0 fully saturated rings. The molecule has 0 bridgehead atoms. The van der Waals surface area contributed by atoms with Crippen molar-refractivity contribution < 1.29 is 19.1 Å². The molecule has 3 rings (SSSR count). The Hall–Kier alpha value is -3.29.